The number of nitrogens with one attached hydrogen (secondary N) is 2. The number of ether oxygens (including phenoxy) is 1. The molecule has 102 valence electrons. The van der Waals surface area contributed by atoms with Gasteiger partial charge in [0.1, 0.15) is 5.75 Å². The fourth-order valence-corrected chi connectivity index (χ4v) is 2.93. The lowest BCUT2D eigenvalue weighted by atomic mass is 10.0. The van der Waals surface area contributed by atoms with Gasteiger partial charge in [-0.25, -0.2) is 0 Å². The maximum Gasteiger partial charge on any atom is 0.142 e. The number of H-pyrrole nitrogens is 1. The number of nitrogens with zero attached hydrogens (tertiary/aromatic N) is 1. The molecule has 4 heteroatoms. The number of aromatic amines is 1. The third kappa shape index (κ3) is 2.22. The van der Waals surface area contributed by atoms with E-state index in [1.807, 2.05) is 6.07 Å². The summed E-state index contributed by atoms with van der Waals surface area (Å²) in [6, 6.07) is 6.66. The summed E-state index contributed by atoms with van der Waals surface area (Å²) >= 11 is 0. The molecule has 4 nitrogen and oxygen atoms in total. The van der Waals surface area contributed by atoms with Crippen molar-refractivity contribution in [3.8, 4) is 5.75 Å². The van der Waals surface area contributed by atoms with Gasteiger partial charge in [-0.1, -0.05) is 12.1 Å². The highest BCUT2D eigenvalue weighted by Crippen LogP contribution is 2.32. The van der Waals surface area contributed by atoms with Gasteiger partial charge in [0, 0.05) is 43.8 Å². The quantitative estimate of drug-likeness (QED) is 0.887. The summed E-state index contributed by atoms with van der Waals surface area (Å²) in [6.07, 6.45) is 2.12. The average Bonchev–Trinajstić information content (AvgIpc) is 2.91. The highest BCUT2D eigenvalue weighted by molar-refractivity contribution is 5.88. The molecule has 3 rings (SSSR count). The molecule has 0 amide bonds. The van der Waals surface area contributed by atoms with Gasteiger partial charge in [0.15, 0.2) is 0 Å². The molecule has 2 aromatic rings. The maximum absolute atomic E-state index is 5.41. The van der Waals surface area contributed by atoms with Crippen LogP contribution >= 0.6 is 0 Å². The van der Waals surface area contributed by atoms with Gasteiger partial charge in [-0.3, -0.25) is 4.90 Å². The predicted molar refractivity (Wildman–Crippen MR) is 77.7 cm³/mol. The van der Waals surface area contributed by atoms with E-state index in [1.54, 1.807) is 7.11 Å². The first kappa shape index (κ1) is 12.5. The van der Waals surface area contributed by atoms with Crippen LogP contribution in [-0.2, 0) is 0 Å². The lowest BCUT2D eigenvalue weighted by Crippen LogP contribution is -2.44. The van der Waals surface area contributed by atoms with Crippen LogP contribution in [-0.4, -0.2) is 43.2 Å². The van der Waals surface area contributed by atoms with Crippen LogP contribution in [0.1, 0.15) is 18.5 Å². The van der Waals surface area contributed by atoms with E-state index in [-0.39, 0.29) is 0 Å². The summed E-state index contributed by atoms with van der Waals surface area (Å²) in [6.45, 7) is 6.66. The first-order valence-electron chi connectivity index (χ1n) is 6.90. The molecule has 1 aromatic heterocycles. The van der Waals surface area contributed by atoms with Gasteiger partial charge in [-0.2, -0.15) is 0 Å². The number of fused-ring (bicyclic) bond motifs is 1. The van der Waals surface area contributed by atoms with Crippen LogP contribution in [0, 0.1) is 0 Å². The van der Waals surface area contributed by atoms with Crippen molar-refractivity contribution in [2.24, 2.45) is 0 Å². The average molecular weight is 259 g/mol. The molecular weight excluding hydrogens is 238 g/mol. The molecule has 2 heterocycles. The lowest BCUT2D eigenvalue weighted by molar-refractivity contribution is 0.186. The van der Waals surface area contributed by atoms with Gasteiger partial charge in [-0.05, 0) is 18.6 Å². The van der Waals surface area contributed by atoms with Crippen molar-refractivity contribution in [3.63, 3.8) is 0 Å². The Bertz CT molecular complexity index is 558. The minimum atomic E-state index is 0.433. The second kappa shape index (κ2) is 5.23. The number of piperazine rings is 1. The van der Waals surface area contributed by atoms with E-state index in [1.165, 1.54) is 10.9 Å². The summed E-state index contributed by atoms with van der Waals surface area (Å²) in [7, 11) is 1.72. The highest BCUT2D eigenvalue weighted by atomic mass is 16.5. The molecule has 1 unspecified atom stereocenters. The minimum Gasteiger partial charge on any atom is -0.495 e. The van der Waals surface area contributed by atoms with Crippen LogP contribution in [0.3, 0.4) is 0 Å². The first-order chi connectivity index (χ1) is 9.31. The van der Waals surface area contributed by atoms with Gasteiger partial charge < -0.3 is 15.0 Å². The molecule has 2 N–H and O–H groups in total. The van der Waals surface area contributed by atoms with Gasteiger partial charge >= 0.3 is 0 Å². The minimum absolute atomic E-state index is 0.433. The summed E-state index contributed by atoms with van der Waals surface area (Å²) in [5.74, 6) is 0.913. The fraction of sp³-hybridized carbons (Fsp3) is 0.467. The van der Waals surface area contributed by atoms with Crippen molar-refractivity contribution in [2.45, 2.75) is 13.0 Å². The third-order valence-corrected chi connectivity index (χ3v) is 4.08. The molecule has 0 spiro atoms. The molecule has 1 saturated heterocycles. The summed E-state index contributed by atoms with van der Waals surface area (Å²) < 4.78 is 5.41. The Kier molecular flexibility index (Phi) is 3.44. The monoisotopic (exact) mass is 259 g/mol. The van der Waals surface area contributed by atoms with Crippen molar-refractivity contribution in [3.05, 3.63) is 30.0 Å². The van der Waals surface area contributed by atoms with E-state index in [4.69, 9.17) is 4.74 Å². The van der Waals surface area contributed by atoms with Crippen molar-refractivity contribution >= 4 is 10.9 Å². The summed E-state index contributed by atoms with van der Waals surface area (Å²) in [5, 5.41) is 4.67. The second-order valence-corrected chi connectivity index (χ2v) is 5.09. The Morgan fingerprint density at radius 1 is 1.26 bits per heavy atom. The van der Waals surface area contributed by atoms with Crippen molar-refractivity contribution in [1.29, 1.82) is 0 Å². The van der Waals surface area contributed by atoms with Gasteiger partial charge in [-0.15, -0.1) is 0 Å². The molecule has 0 bridgehead atoms. The Balaban J connectivity index is 1.96. The molecule has 1 atom stereocenters. The molecule has 1 aromatic carbocycles. The van der Waals surface area contributed by atoms with E-state index in [9.17, 15) is 0 Å². The number of hydrogen-bond acceptors (Lipinski definition) is 3. The zero-order valence-electron chi connectivity index (χ0n) is 11.6. The van der Waals surface area contributed by atoms with E-state index >= 15 is 0 Å². The SMILES string of the molecule is COc1cccc2c(C(C)N3CCNCC3)c[nH]c12. The number of rotatable bonds is 3. The lowest BCUT2D eigenvalue weighted by Gasteiger charge is -2.32. The highest BCUT2D eigenvalue weighted by Gasteiger charge is 2.21. The fourth-order valence-electron chi connectivity index (χ4n) is 2.93. The zero-order valence-corrected chi connectivity index (χ0v) is 11.6. The van der Waals surface area contributed by atoms with Crippen molar-refractivity contribution in [1.82, 2.24) is 15.2 Å². The van der Waals surface area contributed by atoms with Crippen LogP contribution in [0.2, 0.25) is 0 Å². The molecule has 0 radical (unpaired) electrons. The molecule has 1 aliphatic heterocycles. The third-order valence-electron chi connectivity index (χ3n) is 4.08. The Labute approximate surface area is 113 Å². The summed E-state index contributed by atoms with van der Waals surface area (Å²) in [4.78, 5) is 5.89. The first-order valence-corrected chi connectivity index (χ1v) is 6.90. The van der Waals surface area contributed by atoms with E-state index < -0.39 is 0 Å². The number of methoxy groups -OCH3 is 1. The predicted octanol–water partition coefficient (Wildman–Crippen LogP) is 2.14. The number of hydrogen-bond donors (Lipinski definition) is 2. The maximum atomic E-state index is 5.41. The van der Waals surface area contributed by atoms with Crippen LogP contribution < -0.4 is 10.1 Å². The zero-order chi connectivity index (χ0) is 13.2. The van der Waals surface area contributed by atoms with Crippen LogP contribution in [0.25, 0.3) is 10.9 Å². The molecule has 19 heavy (non-hydrogen) atoms. The smallest absolute Gasteiger partial charge is 0.142 e. The van der Waals surface area contributed by atoms with Gasteiger partial charge in [0.05, 0.1) is 12.6 Å². The molecule has 0 saturated carbocycles. The number of aromatic nitrogens is 1. The van der Waals surface area contributed by atoms with Crippen LogP contribution in [0.5, 0.6) is 5.75 Å². The second-order valence-electron chi connectivity index (χ2n) is 5.09. The Morgan fingerprint density at radius 3 is 2.79 bits per heavy atom. The van der Waals surface area contributed by atoms with E-state index in [0.29, 0.717) is 6.04 Å². The number of para-hydroxylation sites is 1. The topological polar surface area (TPSA) is 40.3 Å². The molecule has 1 fully saturated rings. The standard InChI is InChI=1S/C15H21N3O/c1-11(18-8-6-16-7-9-18)13-10-17-15-12(13)4-3-5-14(15)19-2/h3-5,10-11,16-17H,6-9H2,1-2H3. The Hall–Kier alpha value is -1.52. The van der Waals surface area contributed by atoms with Gasteiger partial charge in [0.2, 0.25) is 0 Å². The van der Waals surface area contributed by atoms with E-state index in [0.717, 1.165) is 37.4 Å². The van der Waals surface area contributed by atoms with Gasteiger partial charge in [0.25, 0.3) is 0 Å². The van der Waals surface area contributed by atoms with Crippen LogP contribution in [0.15, 0.2) is 24.4 Å². The normalized spacial score (nSPS) is 18.6. The number of benzene rings is 1. The summed E-state index contributed by atoms with van der Waals surface area (Å²) in [5.41, 5.74) is 2.46. The molecular formula is C15H21N3O. The van der Waals surface area contributed by atoms with Crippen LogP contribution in [0.4, 0.5) is 0 Å². The molecule has 1 aliphatic rings. The van der Waals surface area contributed by atoms with Crippen molar-refractivity contribution < 1.29 is 4.74 Å². The van der Waals surface area contributed by atoms with Crippen molar-refractivity contribution in [2.75, 3.05) is 33.3 Å². The van der Waals surface area contributed by atoms with E-state index in [2.05, 4.69) is 40.5 Å². The molecule has 0 aliphatic carbocycles. The largest absolute Gasteiger partial charge is 0.495 e. The Morgan fingerprint density at radius 2 is 2.05 bits per heavy atom.